The lowest BCUT2D eigenvalue weighted by atomic mass is 9.85. The van der Waals surface area contributed by atoms with Gasteiger partial charge in [0.2, 0.25) is 5.95 Å². The van der Waals surface area contributed by atoms with Crippen molar-refractivity contribution in [1.29, 1.82) is 0 Å². The monoisotopic (exact) mass is 347 g/mol. The van der Waals surface area contributed by atoms with Crippen LogP contribution in [0.3, 0.4) is 0 Å². The summed E-state index contributed by atoms with van der Waals surface area (Å²) in [6.07, 6.45) is 11.3. The molecule has 1 fully saturated rings. The van der Waals surface area contributed by atoms with E-state index in [4.69, 9.17) is 4.98 Å². The van der Waals surface area contributed by atoms with E-state index in [-0.39, 0.29) is 5.54 Å². The van der Waals surface area contributed by atoms with Crippen molar-refractivity contribution in [1.82, 2.24) is 29.8 Å². The number of rotatable bonds is 2. The van der Waals surface area contributed by atoms with Gasteiger partial charge in [0.25, 0.3) is 0 Å². The number of piperidine rings is 1. The molecule has 7 heteroatoms. The highest BCUT2D eigenvalue weighted by Crippen LogP contribution is 2.37. The van der Waals surface area contributed by atoms with E-state index in [1.54, 1.807) is 18.6 Å². The maximum absolute atomic E-state index is 4.83. The second-order valence-corrected chi connectivity index (χ2v) is 6.91. The average molecular weight is 347 g/mol. The second-order valence-electron chi connectivity index (χ2n) is 6.91. The fourth-order valence-electron chi connectivity index (χ4n) is 4.16. The summed E-state index contributed by atoms with van der Waals surface area (Å²) in [6, 6.07) is 5.93. The first kappa shape index (κ1) is 15.5. The Morgan fingerprint density at radius 2 is 1.77 bits per heavy atom. The number of pyridine rings is 1. The first-order chi connectivity index (χ1) is 12.9. The van der Waals surface area contributed by atoms with E-state index < -0.39 is 0 Å². The van der Waals surface area contributed by atoms with Gasteiger partial charge in [0.15, 0.2) is 0 Å². The zero-order chi connectivity index (χ0) is 17.4. The van der Waals surface area contributed by atoms with Crippen molar-refractivity contribution < 1.29 is 0 Å². The van der Waals surface area contributed by atoms with Gasteiger partial charge < -0.3 is 14.8 Å². The Labute approximate surface area is 152 Å². The molecule has 5 heterocycles. The molecule has 1 spiro atoms. The number of nitrogens with one attached hydrogen (secondary N) is 1. The van der Waals surface area contributed by atoms with Gasteiger partial charge >= 0.3 is 0 Å². The highest BCUT2D eigenvalue weighted by Gasteiger charge is 2.42. The summed E-state index contributed by atoms with van der Waals surface area (Å²) in [6.45, 7) is 3.74. The highest BCUT2D eigenvalue weighted by atomic mass is 15.3. The molecule has 1 N–H and O–H groups in total. The van der Waals surface area contributed by atoms with Gasteiger partial charge in [-0.25, -0.2) is 15.0 Å². The summed E-state index contributed by atoms with van der Waals surface area (Å²) in [5.41, 5.74) is 2.21. The molecule has 0 unspecified atom stereocenters. The number of nitrogens with zero attached hydrogens (tertiary/aromatic N) is 6. The zero-order valence-electron chi connectivity index (χ0n) is 14.5. The van der Waals surface area contributed by atoms with Crippen LogP contribution in [0.1, 0.15) is 18.7 Å². The maximum Gasteiger partial charge on any atom is 0.225 e. The van der Waals surface area contributed by atoms with Gasteiger partial charge in [-0.15, -0.1) is 0 Å². The molecular weight excluding hydrogens is 326 g/mol. The first-order valence-corrected chi connectivity index (χ1v) is 9.09. The molecule has 0 bridgehead atoms. The summed E-state index contributed by atoms with van der Waals surface area (Å²) < 4.78 is 2.36. The van der Waals surface area contributed by atoms with Gasteiger partial charge in [-0.05, 0) is 31.0 Å². The molecular formula is C19H21N7. The summed E-state index contributed by atoms with van der Waals surface area (Å²) in [5.74, 6) is 1.97. The molecule has 3 aromatic rings. The van der Waals surface area contributed by atoms with E-state index in [0.29, 0.717) is 0 Å². The molecule has 5 rings (SSSR count). The van der Waals surface area contributed by atoms with Crippen molar-refractivity contribution in [3.05, 3.63) is 55.0 Å². The number of fused-ring (bicyclic) bond motifs is 2. The van der Waals surface area contributed by atoms with Crippen molar-refractivity contribution >= 4 is 5.95 Å². The highest BCUT2D eigenvalue weighted by molar-refractivity contribution is 5.58. The largest absolute Gasteiger partial charge is 0.341 e. The van der Waals surface area contributed by atoms with Crippen LogP contribution in [0.25, 0.3) is 11.3 Å². The quantitative estimate of drug-likeness (QED) is 0.763. The van der Waals surface area contributed by atoms with Crippen LogP contribution in [0.2, 0.25) is 0 Å². The standard InChI is InChI=1S/C19H21N7/c1-3-15(13-20-6-1)16-14-23-17-19(24-9-12-26(16)17)4-10-25(11-5-19)18-21-7-2-8-22-18/h1-3,6-8,13-14,24H,4-5,9-12H2. The molecule has 2 aliphatic heterocycles. The third-order valence-corrected chi connectivity index (χ3v) is 5.49. The number of hydrogen-bond donors (Lipinski definition) is 1. The van der Waals surface area contributed by atoms with E-state index in [2.05, 4.69) is 35.8 Å². The van der Waals surface area contributed by atoms with Crippen LogP contribution in [0, 0.1) is 0 Å². The van der Waals surface area contributed by atoms with Gasteiger partial charge in [0, 0.05) is 56.5 Å². The third-order valence-electron chi connectivity index (χ3n) is 5.49. The van der Waals surface area contributed by atoms with E-state index in [1.807, 2.05) is 24.5 Å². The van der Waals surface area contributed by atoms with Gasteiger partial charge in [-0.3, -0.25) is 4.98 Å². The van der Waals surface area contributed by atoms with Crippen LogP contribution in [-0.4, -0.2) is 44.1 Å². The Hall–Kier alpha value is -2.80. The number of imidazole rings is 1. The Balaban J connectivity index is 1.44. The lowest BCUT2D eigenvalue weighted by molar-refractivity contribution is 0.212. The number of aromatic nitrogens is 5. The van der Waals surface area contributed by atoms with Gasteiger partial charge in [-0.1, -0.05) is 0 Å². The Kier molecular flexibility index (Phi) is 3.67. The van der Waals surface area contributed by atoms with Crippen LogP contribution in [0.5, 0.6) is 0 Å². The molecule has 0 radical (unpaired) electrons. The molecule has 0 aromatic carbocycles. The van der Waals surface area contributed by atoms with Crippen molar-refractivity contribution in [3.63, 3.8) is 0 Å². The molecule has 0 aliphatic carbocycles. The predicted octanol–water partition coefficient (Wildman–Crippen LogP) is 1.83. The SMILES string of the molecule is c1cnc(N2CCC3(CC2)NCCn2c(-c4cccnc4)cnc23)nc1. The fraction of sp³-hybridized carbons (Fsp3) is 0.368. The van der Waals surface area contributed by atoms with Crippen LogP contribution >= 0.6 is 0 Å². The number of anilines is 1. The molecule has 132 valence electrons. The first-order valence-electron chi connectivity index (χ1n) is 9.09. The molecule has 26 heavy (non-hydrogen) atoms. The van der Waals surface area contributed by atoms with Crippen molar-refractivity contribution in [2.75, 3.05) is 24.5 Å². The molecule has 1 saturated heterocycles. The average Bonchev–Trinajstić information content (AvgIpc) is 3.16. The second kappa shape index (κ2) is 6.17. The van der Waals surface area contributed by atoms with Crippen LogP contribution < -0.4 is 10.2 Å². The minimum absolute atomic E-state index is 0.0655. The fourth-order valence-corrected chi connectivity index (χ4v) is 4.16. The Morgan fingerprint density at radius 3 is 2.54 bits per heavy atom. The zero-order valence-corrected chi connectivity index (χ0v) is 14.5. The number of hydrogen-bond acceptors (Lipinski definition) is 6. The third kappa shape index (κ3) is 2.47. The topological polar surface area (TPSA) is 71.8 Å². The lowest BCUT2D eigenvalue weighted by Gasteiger charge is -2.44. The van der Waals surface area contributed by atoms with Gasteiger partial charge in [0.1, 0.15) is 5.82 Å². The summed E-state index contributed by atoms with van der Waals surface area (Å²) in [4.78, 5) is 20.1. The summed E-state index contributed by atoms with van der Waals surface area (Å²) >= 11 is 0. The molecule has 0 atom stereocenters. The minimum Gasteiger partial charge on any atom is -0.341 e. The van der Waals surface area contributed by atoms with Gasteiger partial charge in [0.05, 0.1) is 17.4 Å². The minimum atomic E-state index is -0.0655. The van der Waals surface area contributed by atoms with Crippen LogP contribution in [0.4, 0.5) is 5.95 Å². The van der Waals surface area contributed by atoms with Crippen LogP contribution in [0.15, 0.2) is 49.2 Å². The van der Waals surface area contributed by atoms with Crippen molar-refractivity contribution in [3.8, 4) is 11.3 Å². The lowest BCUT2D eigenvalue weighted by Crippen LogP contribution is -2.56. The Bertz CT molecular complexity index is 883. The smallest absolute Gasteiger partial charge is 0.225 e. The van der Waals surface area contributed by atoms with E-state index in [9.17, 15) is 0 Å². The maximum atomic E-state index is 4.83. The van der Waals surface area contributed by atoms with Gasteiger partial charge in [-0.2, -0.15) is 0 Å². The van der Waals surface area contributed by atoms with Crippen molar-refractivity contribution in [2.24, 2.45) is 0 Å². The Morgan fingerprint density at radius 1 is 0.923 bits per heavy atom. The van der Waals surface area contributed by atoms with E-state index >= 15 is 0 Å². The van der Waals surface area contributed by atoms with Crippen molar-refractivity contribution in [2.45, 2.75) is 24.9 Å². The predicted molar refractivity (Wildman–Crippen MR) is 98.6 cm³/mol. The molecule has 0 saturated carbocycles. The van der Waals surface area contributed by atoms with E-state index in [1.165, 1.54) is 0 Å². The molecule has 2 aliphatic rings. The molecule has 3 aromatic heterocycles. The summed E-state index contributed by atoms with van der Waals surface area (Å²) in [7, 11) is 0. The normalized spacial score (nSPS) is 18.7. The molecule has 0 amide bonds. The molecule has 7 nitrogen and oxygen atoms in total. The van der Waals surface area contributed by atoms with Crippen LogP contribution in [-0.2, 0) is 12.1 Å². The van der Waals surface area contributed by atoms with E-state index in [0.717, 1.165) is 62.1 Å². The summed E-state index contributed by atoms with van der Waals surface area (Å²) in [5, 5.41) is 3.76.